The summed E-state index contributed by atoms with van der Waals surface area (Å²) < 4.78 is 10.6. The largest absolute Gasteiger partial charge is 0.382 e. The molecular formula is C17H29N3O2. The van der Waals surface area contributed by atoms with Crippen LogP contribution in [0.2, 0.25) is 0 Å². The van der Waals surface area contributed by atoms with Crippen LogP contribution in [0.4, 0.5) is 0 Å². The third-order valence-corrected chi connectivity index (χ3v) is 3.30. The molecule has 0 spiro atoms. The lowest BCUT2D eigenvalue weighted by Crippen LogP contribution is -2.37. The van der Waals surface area contributed by atoms with Gasteiger partial charge in [-0.2, -0.15) is 0 Å². The highest BCUT2D eigenvalue weighted by atomic mass is 16.5. The normalized spacial score (nSPS) is 11.5. The molecule has 0 radical (unpaired) electrons. The molecule has 1 aromatic carbocycles. The summed E-state index contributed by atoms with van der Waals surface area (Å²) in [6.07, 6.45) is 2.13. The van der Waals surface area contributed by atoms with Gasteiger partial charge in [-0.25, -0.2) is 0 Å². The number of benzene rings is 1. The second-order valence-electron chi connectivity index (χ2n) is 4.96. The van der Waals surface area contributed by atoms with Crippen LogP contribution >= 0.6 is 0 Å². The summed E-state index contributed by atoms with van der Waals surface area (Å²) in [4.78, 5) is 4.24. The van der Waals surface area contributed by atoms with E-state index in [1.165, 1.54) is 11.1 Å². The van der Waals surface area contributed by atoms with Crippen LogP contribution in [0.5, 0.6) is 0 Å². The fourth-order valence-electron chi connectivity index (χ4n) is 2.11. The first-order valence-corrected chi connectivity index (χ1v) is 7.89. The van der Waals surface area contributed by atoms with Gasteiger partial charge in [-0.3, -0.25) is 4.99 Å². The number of nitrogens with one attached hydrogen (secondary N) is 2. The van der Waals surface area contributed by atoms with E-state index < -0.39 is 0 Å². The van der Waals surface area contributed by atoms with Gasteiger partial charge in [0, 0.05) is 40.5 Å². The van der Waals surface area contributed by atoms with E-state index in [0.717, 1.165) is 45.1 Å². The summed E-state index contributed by atoms with van der Waals surface area (Å²) in [6, 6.07) is 8.27. The molecule has 0 aromatic heterocycles. The number of rotatable bonds is 10. The van der Waals surface area contributed by atoms with Gasteiger partial charge in [-0.15, -0.1) is 0 Å². The Hall–Kier alpha value is -1.59. The molecule has 1 rings (SSSR count). The molecule has 124 valence electrons. The van der Waals surface area contributed by atoms with E-state index in [9.17, 15) is 0 Å². The molecule has 1 aromatic rings. The van der Waals surface area contributed by atoms with Gasteiger partial charge < -0.3 is 20.1 Å². The molecule has 0 fully saturated rings. The Balaban J connectivity index is 2.32. The summed E-state index contributed by atoms with van der Waals surface area (Å²) in [5, 5.41) is 6.66. The Morgan fingerprint density at radius 3 is 2.59 bits per heavy atom. The number of ether oxygens (including phenoxy) is 2. The molecule has 0 atom stereocenters. The van der Waals surface area contributed by atoms with Crippen LogP contribution in [0.3, 0.4) is 0 Å². The molecule has 22 heavy (non-hydrogen) atoms. The molecule has 0 heterocycles. The minimum absolute atomic E-state index is 0.626. The van der Waals surface area contributed by atoms with Gasteiger partial charge in [0.25, 0.3) is 0 Å². The number of hydrogen-bond donors (Lipinski definition) is 2. The summed E-state index contributed by atoms with van der Waals surface area (Å²) in [6.45, 7) is 5.89. The predicted molar refractivity (Wildman–Crippen MR) is 91.1 cm³/mol. The minimum atomic E-state index is 0.626. The molecule has 0 aliphatic heterocycles. The Bertz CT molecular complexity index is 436. The van der Waals surface area contributed by atoms with Crippen LogP contribution in [0.15, 0.2) is 29.3 Å². The highest BCUT2D eigenvalue weighted by Crippen LogP contribution is 2.09. The molecule has 5 nitrogen and oxygen atoms in total. The topological polar surface area (TPSA) is 54.9 Å². The number of guanidine groups is 1. The Labute approximate surface area is 134 Å². The lowest BCUT2D eigenvalue weighted by Gasteiger charge is -2.14. The van der Waals surface area contributed by atoms with Crippen LogP contribution in [-0.4, -0.2) is 39.9 Å². The summed E-state index contributed by atoms with van der Waals surface area (Å²) in [7, 11) is 3.50. The smallest absolute Gasteiger partial charge is 0.191 e. The van der Waals surface area contributed by atoms with Crippen LogP contribution in [-0.2, 0) is 22.6 Å². The number of methoxy groups -OCH3 is 1. The molecule has 5 heteroatoms. The first-order chi connectivity index (χ1) is 10.8. The maximum Gasteiger partial charge on any atom is 0.191 e. The molecular weight excluding hydrogens is 278 g/mol. The maximum absolute atomic E-state index is 5.32. The highest BCUT2D eigenvalue weighted by molar-refractivity contribution is 5.79. The molecule has 0 bridgehead atoms. The van der Waals surface area contributed by atoms with Gasteiger partial charge in [-0.05, 0) is 30.9 Å². The number of unbranched alkanes of at least 4 members (excludes halogenated alkanes) is 1. The van der Waals surface area contributed by atoms with Gasteiger partial charge >= 0.3 is 0 Å². The maximum atomic E-state index is 5.32. The van der Waals surface area contributed by atoms with Crippen molar-refractivity contribution in [3.05, 3.63) is 35.4 Å². The lowest BCUT2D eigenvalue weighted by atomic mass is 10.1. The molecule has 0 aliphatic rings. The van der Waals surface area contributed by atoms with Crippen molar-refractivity contribution < 1.29 is 9.47 Å². The first kappa shape index (κ1) is 18.5. The number of nitrogens with zero attached hydrogens (tertiary/aromatic N) is 1. The van der Waals surface area contributed by atoms with Crippen molar-refractivity contribution in [2.45, 2.75) is 32.9 Å². The van der Waals surface area contributed by atoms with Gasteiger partial charge in [0.15, 0.2) is 5.96 Å². The second-order valence-corrected chi connectivity index (χ2v) is 4.96. The number of aliphatic imine (C=N–C) groups is 1. The SMILES string of the molecule is CCOCCCCNC(=NC)NCc1ccccc1COC. The summed E-state index contributed by atoms with van der Waals surface area (Å²) in [5.41, 5.74) is 2.42. The van der Waals surface area contributed by atoms with E-state index in [0.29, 0.717) is 6.61 Å². The second kappa shape index (κ2) is 12.0. The van der Waals surface area contributed by atoms with Crippen LogP contribution in [0.1, 0.15) is 30.9 Å². The van der Waals surface area contributed by atoms with Gasteiger partial charge in [-0.1, -0.05) is 24.3 Å². The molecule has 2 N–H and O–H groups in total. The zero-order chi connectivity index (χ0) is 16.0. The Morgan fingerprint density at radius 2 is 1.91 bits per heavy atom. The molecule has 0 saturated heterocycles. The van der Waals surface area contributed by atoms with Crippen LogP contribution < -0.4 is 10.6 Å². The van der Waals surface area contributed by atoms with Gasteiger partial charge in [0.1, 0.15) is 0 Å². The summed E-state index contributed by atoms with van der Waals surface area (Å²) >= 11 is 0. The minimum Gasteiger partial charge on any atom is -0.382 e. The third kappa shape index (κ3) is 7.43. The van der Waals surface area contributed by atoms with E-state index in [1.807, 2.05) is 19.1 Å². The van der Waals surface area contributed by atoms with Crippen molar-refractivity contribution in [3.63, 3.8) is 0 Å². The highest BCUT2D eigenvalue weighted by Gasteiger charge is 2.03. The standard InChI is InChI=1S/C17H29N3O2/c1-4-22-12-8-7-11-19-17(18-2)20-13-15-9-5-6-10-16(15)14-21-3/h5-6,9-10H,4,7-8,11-14H2,1-3H3,(H2,18,19,20). The fraction of sp³-hybridized carbons (Fsp3) is 0.588. The van der Waals surface area contributed by atoms with Crippen LogP contribution in [0, 0.1) is 0 Å². The van der Waals surface area contributed by atoms with E-state index in [1.54, 1.807) is 14.2 Å². The van der Waals surface area contributed by atoms with Crippen molar-refractivity contribution in [1.82, 2.24) is 10.6 Å². The van der Waals surface area contributed by atoms with Crippen molar-refractivity contribution in [3.8, 4) is 0 Å². The van der Waals surface area contributed by atoms with E-state index >= 15 is 0 Å². The van der Waals surface area contributed by atoms with E-state index in [2.05, 4.69) is 27.8 Å². The average molecular weight is 307 g/mol. The Kier molecular flexibility index (Phi) is 10.1. The van der Waals surface area contributed by atoms with Crippen molar-refractivity contribution in [2.24, 2.45) is 4.99 Å². The van der Waals surface area contributed by atoms with E-state index in [4.69, 9.17) is 9.47 Å². The zero-order valence-electron chi connectivity index (χ0n) is 14.0. The molecule has 0 saturated carbocycles. The van der Waals surface area contributed by atoms with Gasteiger partial charge in [0.2, 0.25) is 0 Å². The van der Waals surface area contributed by atoms with Crippen molar-refractivity contribution in [1.29, 1.82) is 0 Å². The Morgan fingerprint density at radius 1 is 1.14 bits per heavy atom. The first-order valence-electron chi connectivity index (χ1n) is 7.89. The molecule has 0 amide bonds. The van der Waals surface area contributed by atoms with Gasteiger partial charge in [0.05, 0.1) is 6.61 Å². The van der Waals surface area contributed by atoms with Crippen molar-refractivity contribution in [2.75, 3.05) is 33.9 Å². The lowest BCUT2D eigenvalue weighted by molar-refractivity contribution is 0.143. The summed E-state index contributed by atoms with van der Waals surface area (Å²) in [5.74, 6) is 0.823. The quantitative estimate of drug-likeness (QED) is 0.396. The zero-order valence-corrected chi connectivity index (χ0v) is 14.0. The average Bonchev–Trinajstić information content (AvgIpc) is 2.55. The monoisotopic (exact) mass is 307 g/mol. The third-order valence-electron chi connectivity index (χ3n) is 3.30. The van der Waals surface area contributed by atoms with Crippen LogP contribution in [0.25, 0.3) is 0 Å². The predicted octanol–water partition coefficient (Wildman–Crippen LogP) is 2.31. The molecule has 0 unspecified atom stereocenters. The van der Waals surface area contributed by atoms with E-state index in [-0.39, 0.29) is 0 Å². The fourth-order valence-corrected chi connectivity index (χ4v) is 2.11. The van der Waals surface area contributed by atoms with Crippen molar-refractivity contribution >= 4 is 5.96 Å². The number of hydrogen-bond acceptors (Lipinski definition) is 3. The molecule has 0 aliphatic carbocycles.